The minimum Gasteiger partial charge on any atom is -0.335 e. The van der Waals surface area contributed by atoms with Gasteiger partial charge in [0.15, 0.2) is 0 Å². The number of fused-ring (bicyclic) bond motifs is 6. The first kappa shape index (κ1) is 23.4. The molecule has 0 N–H and O–H groups in total. The van der Waals surface area contributed by atoms with Gasteiger partial charge < -0.3 is 4.90 Å². The van der Waals surface area contributed by atoms with Crippen molar-refractivity contribution in [3.8, 4) is 28.2 Å². The summed E-state index contributed by atoms with van der Waals surface area (Å²) >= 11 is 0. The number of hydrogen-bond donors (Lipinski definition) is 0. The van der Waals surface area contributed by atoms with Gasteiger partial charge in [0, 0.05) is 34.1 Å². The molecule has 0 atom stereocenters. The van der Waals surface area contributed by atoms with Gasteiger partial charge in [-0.15, -0.1) is 0 Å². The summed E-state index contributed by atoms with van der Waals surface area (Å²) in [6.45, 7) is 4.58. The van der Waals surface area contributed by atoms with Crippen molar-refractivity contribution in [2.24, 2.45) is 4.99 Å². The molecule has 0 saturated heterocycles. The third kappa shape index (κ3) is 3.69. The minimum absolute atomic E-state index is 0.746. The number of nitrogens with zero attached hydrogens (tertiary/aromatic N) is 4. The largest absolute Gasteiger partial charge is 0.335 e. The van der Waals surface area contributed by atoms with E-state index >= 15 is 0 Å². The third-order valence-corrected chi connectivity index (χ3v) is 8.09. The zero-order valence-corrected chi connectivity index (χ0v) is 22.4. The molecule has 1 aliphatic rings. The van der Waals surface area contributed by atoms with E-state index < -0.39 is 0 Å². The molecule has 0 aliphatic carbocycles. The lowest BCUT2D eigenvalue weighted by molar-refractivity contribution is 0.962. The van der Waals surface area contributed by atoms with Crippen molar-refractivity contribution in [3.05, 3.63) is 139 Å². The van der Waals surface area contributed by atoms with E-state index in [0.29, 0.717) is 0 Å². The van der Waals surface area contributed by atoms with E-state index in [9.17, 15) is 0 Å². The molecule has 5 aromatic carbocycles. The summed E-state index contributed by atoms with van der Waals surface area (Å²) in [6.07, 6.45) is 0. The van der Waals surface area contributed by atoms with Crippen LogP contribution in [0.4, 0.5) is 17.1 Å². The van der Waals surface area contributed by atoms with Gasteiger partial charge in [0.05, 0.1) is 28.1 Å². The van der Waals surface area contributed by atoms with Crippen molar-refractivity contribution < 1.29 is 0 Å². The van der Waals surface area contributed by atoms with Gasteiger partial charge in [-0.3, -0.25) is 9.56 Å². The molecule has 194 valence electrons. The fourth-order valence-corrected chi connectivity index (χ4v) is 6.24. The highest BCUT2D eigenvalue weighted by Crippen LogP contribution is 2.47. The number of aromatic nitrogens is 2. The summed E-state index contributed by atoms with van der Waals surface area (Å²) in [5, 5.41) is 2.44. The second-order valence-electron chi connectivity index (χ2n) is 10.4. The monoisotopic (exact) mass is 526 g/mol. The Morgan fingerprint density at radius 3 is 2.24 bits per heavy atom. The standard InChI is InChI=1S/C37H26N4/c1-38-32-16-7-10-20-35(32)40-24-26-22-30-28-15-6-9-19-34(28)41(36(30)23-29(26)27-14-5-8-18-33(27)40)37-21-11-17-31(39-37)25-12-3-2-4-13-25/h2-23H,1,24H2. The molecule has 4 heteroatoms. The Hall–Kier alpha value is -5.48. The normalized spacial score (nSPS) is 12.3. The first-order valence-electron chi connectivity index (χ1n) is 13.8. The zero-order chi connectivity index (χ0) is 27.3. The molecule has 0 unspecified atom stereocenters. The molecule has 8 rings (SSSR count). The average molecular weight is 527 g/mol. The Kier molecular flexibility index (Phi) is 5.32. The molecule has 1 aliphatic heterocycles. The van der Waals surface area contributed by atoms with Crippen LogP contribution in [0.25, 0.3) is 50.0 Å². The van der Waals surface area contributed by atoms with Crippen LogP contribution in [-0.2, 0) is 6.54 Å². The molecule has 0 radical (unpaired) electrons. The molecule has 41 heavy (non-hydrogen) atoms. The van der Waals surface area contributed by atoms with Crippen LogP contribution < -0.4 is 4.90 Å². The minimum atomic E-state index is 0.746. The number of rotatable bonds is 4. The summed E-state index contributed by atoms with van der Waals surface area (Å²) in [5.74, 6) is 0.911. The SMILES string of the molecule is C=Nc1ccccc1N1Cc2cc3c4ccccc4n(-c4cccc(-c5ccccc5)n4)c3cc2-c2ccccc21. The van der Waals surface area contributed by atoms with Crippen LogP contribution >= 0.6 is 0 Å². The van der Waals surface area contributed by atoms with E-state index in [0.717, 1.165) is 46.0 Å². The lowest BCUT2D eigenvalue weighted by Crippen LogP contribution is -2.21. The van der Waals surface area contributed by atoms with E-state index in [4.69, 9.17) is 4.98 Å². The number of hydrogen-bond acceptors (Lipinski definition) is 3. The third-order valence-electron chi connectivity index (χ3n) is 8.09. The molecule has 7 aromatic rings. The lowest BCUT2D eigenvalue weighted by atomic mass is 9.91. The maximum absolute atomic E-state index is 5.15. The predicted molar refractivity (Wildman–Crippen MR) is 171 cm³/mol. The summed E-state index contributed by atoms with van der Waals surface area (Å²) in [4.78, 5) is 11.8. The molecule has 2 aromatic heterocycles. The molecule has 0 saturated carbocycles. The molecule has 0 bridgehead atoms. The number of pyridine rings is 1. The van der Waals surface area contributed by atoms with Crippen LogP contribution in [0.1, 0.15) is 5.56 Å². The van der Waals surface area contributed by atoms with Crippen LogP contribution in [-0.4, -0.2) is 16.3 Å². The van der Waals surface area contributed by atoms with E-state index in [1.165, 1.54) is 33.2 Å². The summed E-state index contributed by atoms with van der Waals surface area (Å²) in [5.41, 5.74) is 11.2. The number of aliphatic imine (C=N–C) groups is 1. The predicted octanol–water partition coefficient (Wildman–Crippen LogP) is 9.50. The van der Waals surface area contributed by atoms with Crippen LogP contribution in [0.3, 0.4) is 0 Å². The van der Waals surface area contributed by atoms with Crippen LogP contribution in [0.2, 0.25) is 0 Å². The first-order valence-corrected chi connectivity index (χ1v) is 13.8. The Morgan fingerprint density at radius 2 is 1.37 bits per heavy atom. The second kappa shape index (κ2) is 9.32. The topological polar surface area (TPSA) is 33.4 Å². The highest BCUT2D eigenvalue weighted by molar-refractivity contribution is 6.11. The molecule has 0 amide bonds. The fourth-order valence-electron chi connectivity index (χ4n) is 6.24. The molecule has 3 heterocycles. The van der Waals surface area contributed by atoms with E-state index in [1.807, 2.05) is 18.2 Å². The van der Waals surface area contributed by atoms with E-state index in [1.54, 1.807) is 0 Å². The van der Waals surface area contributed by atoms with Crippen molar-refractivity contribution in [2.45, 2.75) is 6.54 Å². The molecule has 4 nitrogen and oxygen atoms in total. The van der Waals surface area contributed by atoms with Gasteiger partial charge in [-0.1, -0.05) is 84.9 Å². The van der Waals surface area contributed by atoms with Crippen molar-refractivity contribution in [2.75, 3.05) is 4.90 Å². The van der Waals surface area contributed by atoms with Crippen molar-refractivity contribution in [1.29, 1.82) is 0 Å². The summed E-state index contributed by atoms with van der Waals surface area (Å²) in [7, 11) is 0. The first-order chi connectivity index (χ1) is 20.3. The highest BCUT2D eigenvalue weighted by atomic mass is 15.2. The Bertz CT molecular complexity index is 2110. The van der Waals surface area contributed by atoms with Gasteiger partial charge in [0.1, 0.15) is 5.82 Å². The van der Waals surface area contributed by atoms with Gasteiger partial charge in [-0.05, 0) is 66.4 Å². The maximum Gasteiger partial charge on any atom is 0.138 e. The smallest absolute Gasteiger partial charge is 0.138 e. The van der Waals surface area contributed by atoms with Crippen molar-refractivity contribution in [1.82, 2.24) is 9.55 Å². The highest BCUT2D eigenvalue weighted by Gasteiger charge is 2.26. The van der Waals surface area contributed by atoms with Gasteiger partial charge in [0.25, 0.3) is 0 Å². The fraction of sp³-hybridized carbons (Fsp3) is 0.0270. The van der Waals surface area contributed by atoms with Crippen molar-refractivity contribution >= 4 is 45.6 Å². The number of benzene rings is 5. The Labute approximate surface area is 238 Å². The maximum atomic E-state index is 5.15. The van der Waals surface area contributed by atoms with Gasteiger partial charge >= 0.3 is 0 Å². The quantitative estimate of drug-likeness (QED) is 0.214. The molecular weight excluding hydrogens is 500 g/mol. The molecule has 0 fully saturated rings. The molecule has 0 spiro atoms. The lowest BCUT2D eigenvalue weighted by Gasteiger charge is -2.33. The Morgan fingerprint density at radius 1 is 0.610 bits per heavy atom. The van der Waals surface area contributed by atoms with E-state index in [-0.39, 0.29) is 0 Å². The zero-order valence-electron chi connectivity index (χ0n) is 22.4. The van der Waals surface area contributed by atoms with Gasteiger partial charge in [-0.2, -0.15) is 0 Å². The van der Waals surface area contributed by atoms with Crippen molar-refractivity contribution in [3.63, 3.8) is 0 Å². The number of anilines is 2. The number of para-hydroxylation sites is 4. The Balaban J connectivity index is 1.38. The van der Waals surface area contributed by atoms with E-state index in [2.05, 4.69) is 136 Å². The summed E-state index contributed by atoms with van der Waals surface area (Å²) in [6, 6.07) is 46.9. The van der Waals surface area contributed by atoms with Crippen LogP contribution in [0.15, 0.2) is 138 Å². The average Bonchev–Trinajstić information content (AvgIpc) is 3.37. The van der Waals surface area contributed by atoms with Gasteiger partial charge in [-0.25, -0.2) is 4.98 Å². The second-order valence-corrected chi connectivity index (χ2v) is 10.4. The van der Waals surface area contributed by atoms with Crippen LogP contribution in [0.5, 0.6) is 0 Å². The molecular formula is C37H26N4. The van der Waals surface area contributed by atoms with Gasteiger partial charge in [0.2, 0.25) is 0 Å². The van der Waals surface area contributed by atoms with Crippen LogP contribution in [0, 0.1) is 0 Å². The summed E-state index contributed by atoms with van der Waals surface area (Å²) < 4.78 is 2.31.